The van der Waals surface area contributed by atoms with Gasteiger partial charge in [-0.15, -0.1) is 11.3 Å². The van der Waals surface area contributed by atoms with Crippen molar-refractivity contribution < 1.29 is 0 Å². The van der Waals surface area contributed by atoms with Gasteiger partial charge in [-0.05, 0) is 23.9 Å². The summed E-state index contributed by atoms with van der Waals surface area (Å²) in [6.45, 7) is 3.67. The van der Waals surface area contributed by atoms with Gasteiger partial charge in [0.15, 0.2) is 0 Å². The van der Waals surface area contributed by atoms with Crippen LogP contribution in [-0.4, -0.2) is 0 Å². The standard InChI is InChI=1S/C5H4ClS/c1-4-2-5(6)7-3-4/h2-3H,1H2. The third-order valence-electron chi connectivity index (χ3n) is 0.622. The Labute approximate surface area is 51.7 Å². The van der Waals surface area contributed by atoms with Crippen LogP contribution in [0.2, 0.25) is 4.34 Å². The predicted molar refractivity (Wildman–Crippen MR) is 33.8 cm³/mol. The van der Waals surface area contributed by atoms with Gasteiger partial charge in [0.05, 0.1) is 4.34 Å². The summed E-state index contributed by atoms with van der Waals surface area (Å²) in [6.07, 6.45) is 0. The lowest BCUT2D eigenvalue weighted by Gasteiger charge is -1.67. The molecule has 0 spiro atoms. The fourth-order valence-electron chi connectivity index (χ4n) is 0.346. The lowest BCUT2D eigenvalue weighted by atomic mass is 10.4. The van der Waals surface area contributed by atoms with E-state index in [9.17, 15) is 0 Å². The maximum absolute atomic E-state index is 5.54. The average molecular weight is 132 g/mol. The summed E-state index contributed by atoms with van der Waals surface area (Å²) in [5.74, 6) is 0. The van der Waals surface area contributed by atoms with E-state index in [4.69, 9.17) is 11.6 Å². The zero-order valence-electron chi connectivity index (χ0n) is 3.65. The van der Waals surface area contributed by atoms with Crippen LogP contribution in [-0.2, 0) is 0 Å². The molecule has 1 radical (unpaired) electrons. The molecule has 0 amide bonds. The monoisotopic (exact) mass is 131 g/mol. The van der Waals surface area contributed by atoms with Crippen LogP contribution >= 0.6 is 22.9 Å². The molecule has 7 heavy (non-hydrogen) atoms. The highest BCUT2D eigenvalue weighted by atomic mass is 35.5. The van der Waals surface area contributed by atoms with Gasteiger partial charge < -0.3 is 0 Å². The number of hydrogen-bond acceptors (Lipinski definition) is 1. The first-order chi connectivity index (χ1) is 3.29. The zero-order chi connectivity index (χ0) is 5.28. The summed E-state index contributed by atoms with van der Waals surface area (Å²) >= 11 is 7.05. The fraction of sp³-hybridized carbons (Fsp3) is 0. The molecular formula is C5H4ClS. The number of thiophene rings is 1. The molecule has 1 aromatic rings. The lowest BCUT2D eigenvalue weighted by molar-refractivity contribution is 1.79. The molecule has 1 aromatic heterocycles. The topological polar surface area (TPSA) is 0 Å². The minimum absolute atomic E-state index is 0.810. The maximum Gasteiger partial charge on any atom is 0.0931 e. The minimum Gasteiger partial charge on any atom is -0.132 e. The van der Waals surface area contributed by atoms with Crippen LogP contribution in [0, 0.1) is 6.92 Å². The van der Waals surface area contributed by atoms with Gasteiger partial charge in [0, 0.05) is 0 Å². The third kappa shape index (κ3) is 1.18. The molecule has 0 saturated heterocycles. The van der Waals surface area contributed by atoms with Crippen LogP contribution in [0.25, 0.3) is 0 Å². The first-order valence-electron chi connectivity index (χ1n) is 1.85. The maximum atomic E-state index is 5.54. The van der Waals surface area contributed by atoms with Crippen molar-refractivity contribution in [2.24, 2.45) is 0 Å². The zero-order valence-corrected chi connectivity index (χ0v) is 5.22. The summed E-state index contributed by atoms with van der Waals surface area (Å²) in [7, 11) is 0. The van der Waals surface area contributed by atoms with Crippen LogP contribution < -0.4 is 0 Å². The van der Waals surface area contributed by atoms with Gasteiger partial charge in [-0.25, -0.2) is 0 Å². The van der Waals surface area contributed by atoms with Crippen LogP contribution in [0.3, 0.4) is 0 Å². The Morgan fingerprint density at radius 2 is 2.43 bits per heavy atom. The molecule has 0 aromatic carbocycles. The molecule has 0 nitrogen and oxygen atoms in total. The highest BCUT2D eigenvalue weighted by molar-refractivity contribution is 7.14. The highest BCUT2D eigenvalue weighted by Crippen LogP contribution is 2.18. The van der Waals surface area contributed by atoms with Crippen LogP contribution in [0.15, 0.2) is 11.4 Å². The Hall–Kier alpha value is -0.0100. The second kappa shape index (κ2) is 1.85. The molecule has 0 saturated carbocycles. The van der Waals surface area contributed by atoms with Crippen molar-refractivity contribution in [2.75, 3.05) is 0 Å². The van der Waals surface area contributed by atoms with Gasteiger partial charge in [0.25, 0.3) is 0 Å². The molecule has 1 heterocycles. The van der Waals surface area contributed by atoms with E-state index in [1.807, 2.05) is 11.4 Å². The summed E-state index contributed by atoms with van der Waals surface area (Å²) in [5.41, 5.74) is 0.995. The molecule has 1 rings (SSSR count). The van der Waals surface area contributed by atoms with Gasteiger partial charge in [-0.1, -0.05) is 11.6 Å². The summed E-state index contributed by atoms with van der Waals surface area (Å²) in [5, 5.41) is 1.92. The van der Waals surface area contributed by atoms with Crippen molar-refractivity contribution in [3.05, 3.63) is 28.3 Å². The Balaban J connectivity index is 3.04. The molecule has 0 aliphatic rings. The van der Waals surface area contributed by atoms with Gasteiger partial charge in [-0.2, -0.15) is 0 Å². The van der Waals surface area contributed by atoms with Crippen molar-refractivity contribution in [3.63, 3.8) is 0 Å². The van der Waals surface area contributed by atoms with Gasteiger partial charge in [0.2, 0.25) is 0 Å². The molecule has 0 aliphatic carbocycles. The van der Waals surface area contributed by atoms with E-state index in [1.54, 1.807) is 0 Å². The van der Waals surface area contributed by atoms with Crippen molar-refractivity contribution in [2.45, 2.75) is 0 Å². The number of rotatable bonds is 0. The SMILES string of the molecule is [CH2]c1csc(Cl)c1. The lowest BCUT2D eigenvalue weighted by Crippen LogP contribution is -1.49. The number of halogens is 1. The summed E-state index contributed by atoms with van der Waals surface area (Å²) in [4.78, 5) is 0. The van der Waals surface area contributed by atoms with Gasteiger partial charge in [-0.3, -0.25) is 0 Å². The molecule has 0 N–H and O–H groups in total. The molecule has 37 valence electrons. The van der Waals surface area contributed by atoms with Crippen molar-refractivity contribution >= 4 is 22.9 Å². The van der Waals surface area contributed by atoms with E-state index < -0.39 is 0 Å². The van der Waals surface area contributed by atoms with Crippen molar-refractivity contribution in [3.8, 4) is 0 Å². The Morgan fingerprint density at radius 3 is 2.57 bits per heavy atom. The van der Waals surface area contributed by atoms with E-state index in [0.717, 1.165) is 9.90 Å². The highest BCUT2D eigenvalue weighted by Gasteiger charge is 1.86. The van der Waals surface area contributed by atoms with Crippen LogP contribution in [0.1, 0.15) is 5.56 Å². The average Bonchev–Trinajstić information content (AvgIpc) is 1.87. The van der Waals surface area contributed by atoms with E-state index in [1.165, 1.54) is 11.3 Å². The van der Waals surface area contributed by atoms with Crippen molar-refractivity contribution in [1.29, 1.82) is 0 Å². The first-order valence-corrected chi connectivity index (χ1v) is 3.11. The van der Waals surface area contributed by atoms with E-state index in [-0.39, 0.29) is 0 Å². The fourth-order valence-corrected chi connectivity index (χ4v) is 1.17. The molecule has 2 heteroatoms. The minimum atomic E-state index is 0.810. The van der Waals surface area contributed by atoms with Crippen molar-refractivity contribution in [1.82, 2.24) is 0 Å². The molecule has 0 bridgehead atoms. The quantitative estimate of drug-likeness (QED) is 0.508. The Morgan fingerprint density at radius 1 is 1.71 bits per heavy atom. The second-order valence-electron chi connectivity index (χ2n) is 1.26. The first kappa shape index (κ1) is 5.13. The summed E-state index contributed by atoms with van der Waals surface area (Å²) < 4.78 is 0.810. The second-order valence-corrected chi connectivity index (χ2v) is 2.80. The third-order valence-corrected chi connectivity index (χ3v) is 1.76. The van der Waals surface area contributed by atoms with Crippen LogP contribution in [0.4, 0.5) is 0 Å². The van der Waals surface area contributed by atoms with Crippen LogP contribution in [0.5, 0.6) is 0 Å². The van der Waals surface area contributed by atoms with Gasteiger partial charge in [0.1, 0.15) is 0 Å². The molecule has 0 fully saturated rings. The van der Waals surface area contributed by atoms with Gasteiger partial charge >= 0.3 is 0 Å². The molecule has 0 atom stereocenters. The smallest absolute Gasteiger partial charge is 0.0931 e. The molecular weight excluding hydrogens is 128 g/mol. The molecule has 0 unspecified atom stereocenters. The Bertz CT molecular complexity index is 140. The predicted octanol–water partition coefficient (Wildman–Crippen LogP) is 2.58. The van der Waals surface area contributed by atoms with E-state index >= 15 is 0 Å². The molecule has 0 aliphatic heterocycles. The largest absolute Gasteiger partial charge is 0.132 e. The Kier molecular flexibility index (Phi) is 1.35. The number of hydrogen-bond donors (Lipinski definition) is 0. The normalized spacial score (nSPS) is 9.43. The van der Waals surface area contributed by atoms with E-state index in [2.05, 4.69) is 6.92 Å². The van der Waals surface area contributed by atoms with E-state index in [0.29, 0.717) is 0 Å². The summed E-state index contributed by atoms with van der Waals surface area (Å²) in [6, 6.07) is 1.84.